The van der Waals surface area contributed by atoms with Crippen LogP contribution in [0.5, 0.6) is 0 Å². The Balaban J connectivity index is 2.34. The third-order valence-electron chi connectivity index (χ3n) is 2.56. The van der Waals surface area contributed by atoms with Crippen molar-refractivity contribution in [1.29, 1.82) is 0 Å². The third kappa shape index (κ3) is 3.99. The molecule has 0 radical (unpaired) electrons. The molecule has 1 rings (SSSR count). The number of amides is 1. The Labute approximate surface area is 95.2 Å². The second-order valence-corrected chi connectivity index (χ2v) is 5.23. The molecule has 1 saturated carbocycles. The van der Waals surface area contributed by atoms with Gasteiger partial charge in [-0.15, -0.1) is 0 Å². The fourth-order valence-electron chi connectivity index (χ4n) is 1.52. The molecule has 0 aromatic rings. The summed E-state index contributed by atoms with van der Waals surface area (Å²) in [4.78, 5) is 13.8. The summed E-state index contributed by atoms with van der Waals surface area (Å²) >= 11 is 3.32. The predicted molar refractivity (Wildman–Crippen MR) is 62.6 cm³/mol. The van der Waals surface area contributed by atoms with Crippen LogP contribution in [-0.2, 0) is 4.79 Å². The Morgan fingerprint density at radius 1 is 1.50 bits per heavy atom. The van der Waals surface area contributed by atoms with Crippen LogP contribution in [-0.4, -0.2) is 28.7 Å². The standard InChI is InChI=1S/C11H20BrNO/c1-9(2)6-8-13(10-3-4-10)11(14)5-7-12/h9-10H,3-8H2,1-2H3. The van der Waals surface area contributed by atoms with Crippen molar-refractivity contribution in [1.82, 2.24) is 4.90 Å². The van der Waals surface area contributed by atoms with Gasteiger partial charge in [0.2, 0.25) is 5.91 Å². The zero-order chi connectivity index (χ0) is 10.6. The molecular weight excluding hydrogens is 242 g/mol. The Morgan fingerprint density at radius 2 is 2.14 bits per heavy atom. The monoisotopic (exact) mass is 261 g/mol. The lowest BCUT2D eigenvalue weighted by Crippen LogP contribution is -2.34. The van der Waals surface area contributed by atoms with Crippen molar-refractivity contribution in [3.05, 3.63) is 0 Å². The SMILES string of the molecule is CC(C)CCN(C(=O)CCBr)C1CC1. The van der Waals surface area contributed by atoms with E-state index in [1.54, 1.807) is 0 Å². The molecule has 82 valence electrons. The molecular formula is C11H20BrNO. The fourth-order valence-corrected chi connectivity index (χ4v) is 1.86. The van der Waals surface area contributed by atoms with Crippen LogP contribution in [0.2, 0.25) is 0 Å². The van der Waals surface area contributed by atoms with Crippen LogP contribution >= 0.6 is 15.9 Å². The lowest BCUT2D eigenvalue weighted by Gasteiger charge is -2.23. The van der Waals surface area contributed by atoms with Crippen molar-refractivity contribution in [3.8, 4) is 0 Å². The molecule has 2 nitrogen and oxygen atoms in total. The summed E-state index contributed by atoms with van der Waals surface area (Å²) in [7, 11) is 0. The van der Waals surface area contributed by atoms with Gasteiger partial charge in [0, 0.05) is 24.3 Å². The van der Waals surface area contributed by atoms with Crippen LogP contribution in [0.3, 0.4) is 0 Å². The van der Waals surface area contributed by atoms with E-state index >= 15 is 0 Å². The number of alkyl halides is 1. The van der Waals surface area contributed by atoms with E-state index in [0.29, 0.717) is 24.3 Å². The highest BCUT2D eigenvalue weighted by molar-refractivity contribution is 9.09. The largest absolute Gasteiger partial charge is 0.340 e. The van der Waals surface area contributed by atoms with Gasteiger partial charge in [0.1, 0.15) is 0 Å². The van der Waals surface area contributed by atoms with E-state index in [4.69, 9.17) is 0 Å². The number of hydrogen-bond acceptors (Lipinski definition) is 1. The number of nitrogens with zero attached hydrogens (tertiary/aromatic N) is 1. The summed E-state index contributed by atoms with van der Waals surface area (Å²) in [6.45, 7) is 5.37. The maximum absolute atomic E-state index is 11.7. The van der Waals surface area contributed by atoms with Crippen molar-refractivity contribution in [2.24, 2.45) is 5.92 Å². The van der Waals surface area contributed by atoms with E-state index in [1.165, 1.54) is 12.8 Å². The van der Waals surface area contributed by atoms with E-state index in [2.05, 4.69) is 34.7 Å². The molecule has 0 saturated heterocycles. The van der Waals surface area contributed by atoms with Gasteiger partial charge < -0.3 is 4.90 Å². The molecule has 0 aliphatic heterocycles. The van der Waals surface area contributed by atoms with Crippen LogP contribution in [0.1, 0.15) is 39.5 Å². The Bertz CT molecular complexity index is 190. The zero-order valence-corrected chi connectivity index (χ0v) is 10.7. The zero-order valence-electron chi connectivity index (χ0n) is 9.13. The smallest absolute Gasteiger partial charge is 0.223 e. The molecule has 0 spiro atoms. The number of hydrogen-bond donors (Lipinski definition) is 0. The normalized spacial score (nSPS) is 16.0. The van der Waals surface area contributed by atoms with E-state index in [-0.39, 0.29) is 0 Å². The first-order valence-electron chi connectivity index (χ1n) is 5.50. The molecule has 3 heteroatoms. The molecule has 1 fully saturated rings. The minimum absolute atomic E-state index is 0.324. The average Bonchev–Trinajstić information content (AvgIpc) is 2.88. The van der Waals surface area contributed by atoms with Gasteiger partial charge in [-0.25, -0.2) is 0 Å². The second-order valence-electron chi connectivity index (χ2n) is 4.44. The molecule has 1 aliphatic carbocycles. The van der Waals surface area contributed by atoms with Crippen LogP contribution in [0.25, 0.3) is 0 Å². The van der Waals surface area contributed by atoms with Gasteiger partial charge in [0.15, 0.2) is 0 Å². The molecule has 0 unspecified atom stereocenters. The average molecular weight is 262 g/mol. The molecule has 14 heavy (non-hydrogen) atoms. The Kier molecular flexibility index (Phi) is 4.93. The highest BCUT2D eigenvalue weighted by atomic mass is 79.9. The van der Waals surface area contributed by atoms with Crippen molar-refractivity contribution in [2.75, 3.05) is 11.9 Å². The fraction of sp³-hybridized carbons (Fsp3) is 0.909. The molecule has 0 aromatic carbocycles. The summed E-state index contributed by atoms with van der Waals surface area (Å²) in [5.41, 5.74) is 0. The van der Waals surface area contributed by atoms with E-state index < -0.39 is 0 Å². The Morgan fingerprint density at radius 3 is 2.57 bits per heavy atom. The first-order chi connectivity index (χ1) is 6.65. The number of carbonyl (C=O) groups excluding carboxylic acids is 1. The first kappa shape index (κ1) is 12.0. The highest BCUT2D eigenvalue weighted by Crippen LogP contribution is 2.28. The van der Waals surface area contributed by atoms with Gasteiger partial charge >= 0.3 is 0 Å². The lowest BCUT2D eigenvalue weighted by molar-refractivity contribution is -0.131. The van der Waals surface area contributed by atoms with Gasteiger partial charge in [-0.1, -0.05) is 29.8 Å². The molecule has 0 N–H and O–H groups in total. The number of carbonyl (C=O) groups is 1. The summed E-state index contributed by atoms with van der Waals surface area (Å²) in [6.07, 6.45) is 4.21. The van der Waals surface area contributed by atoms with Gasteiger partial charge in [-0.2, -0.15) is 0 Å². The van der Waals surface area contributed by atoms with Gasteiger partial charge in [-0.3, -0.25) is 4.79 Å². The summed E-state index contributed by atoms with van der Waals surface area (Å²) in [5, 5.41) is 0.788. The van der Waals surface area contributed by atoms with Gasteiger partial charge in [-0.05, 0) is 25.2 Å². The minimum Gasteiger partial charge on any atom is -0.340 e. The molecule has 0 aromatic heterocycles. The van der Waals surface area contributed by atoms with Crippen molar-refractivity contribution in [2.45, 2.75) is 45.6 Å². The maximum atomic E-state index is 11.7. The van der Waals surface area contributed by atoms with Crippen molar-refractivity contribution < 1.29 is 4.79 Å². The van der Waals surface area contributed by atoms with Crippen LogP contribution in [0.4, 0.5) is 0 Å². The van der Waals surface area contributed by atoms with Crippen LogP contribution in [0, 0.1) is 5.92 Å². The molecule has 0 bridgehead atoms. The third-order valence-corrected chi connectivity index (χ3v) is 2.96. The number of rotatable bonds is 6. The quantitative estimate of drug-likeness (QED) is 0.674. The van der Waals surface area contributed by atoms with Gasteiger partial charge in [0.25, 0.3) is 0 Å². The van der Waals surface area contributed by atoms with E-state index in [0.717, 1.165) is 18.3 Å². The topological polar surface area (TPSA) is 20.3 Å². The van der Waals surface area contributed by atoms with Crippen LogP contribution < -0.4 is 0 Å². The second kappa shape index (κ2) is 5.74. The molecule has 0 heterocycles. The Hall–Kier alpha value is -0.0500. The summed E-state index contributed by atoms with van der Waals surface area (Å²) in [6, 6.07) is 0.570. The molecule has 1 amide bonds. The summed E-state index contributed by atoms with van der Waals surface area (Å²) in [5.74, 6) is 1.01. The lowest BCUT2D eigenvalue weighted by atomic mass is 10.1. The first-order valence-corrected chi connectivity index (χ1v) is 6.62. The van der Waals surface area contributed by atoms with Gasteiger partial charge in [0.05, 0.1) is 0 Å². The predicted octanol–water partition coefficient (Wildman–Crippen LogP) is 2.81. The van der Waals surface area contributed by atoms with Crippen molar-refractivity contribution in [3.63, 3.8) is 0 Å². The van der Waals surface area contributed by atoms with E-state index in [9.17, 15) is 4.79 Å². The van der Waals surface area contributed by atoms with E-state index in [1.807, 2.05) is 0 Å². The molecule has 1 aliphatic rings. The summed E-state index contributed by atoms with van der Waals surface area (Å²) < 4.78 is 0. The maximum Gasteiger partial charge on any atom is 0.223 e. The highest BCUT2D eigenvalue weighted by Gasteiger charge is 2.31. The molecule has 0 atom stereocenters. The van der Waals surface area contributed by atoms with Crippen molar-refractivity contribution >= 4 is 21.8 Å². The number of halogens is 1. The minimum atomic E-state index is 0.324. The van der Waals surface area contributed by atoms with Crippen LogP contribution in [0.15, 0.2) is 0 Å².